The smallest absolute Gasteiger partial charge is 0.306 e. The Bertz CT molecular complexity index is 2070. The molecule has 352 valence electrons. The predicted molar refractivity (Wildman–Crippen MR) is 241 cm³/mol. The summed E-state index contributed by atoms with van der Waals surface area (Å²) in [6.45, 7) is 2.85. The Hall–Kier alpha value is -5.47. The van der Waals surface area contributed by atoms with E-state index < -0.39 is 35.9 Å². The first-order valence-corrected chi connectivity index (χ1v) is 23.7. The van der Waals surface area contributed by atoms with E-state index in [1.165, 1.54) is 26.4 Å². The molecule has 0 saturated carbocycles. The van der Waals surface area contributed by atoms with Crippen LogP contribution in [-0.4, -0.2) is 111 Å². The highest BCUT2D eigenvalue weighted by molar-refractivity contribution is 5.94. The summed E-state index contributed by atoms with van der Waals surface area (Å²) in [5.74, 6) is -2.97. The molecule has 3 aromatic rings. The molecule has 0 bridgehead atoms. The van der Waals surface area contributed by atoms with Gasteiger partial charge in [0.05, 0.1) is 76.3 Å². The molecule has 14 heteroatoms. The number of ketones is 2. The van der Waals surface area contributed by atoms with Crippen molar-refractivity contribution in [1.82, 2.24) is 9.80 Å². The number of halogens is 1. The summed E-state index contributed by atoms with van der Waals surface area (Å²) in [6, 6.07) is 21.5. The van der Waals surface area contributed by atoms with Crippen LogP contribution in [0.25, 0.3) is 0 Å². The van der Waals surface area contributed by atoms with Gasteiger partial charge in [-0.2, -0.15) is 0 Å². The number of carbonyl (C=O) groups excluding carboxylic acids is 6. The van der Waals surface area contributed by atoms with Crippen molar-refractivity contribution in [2.75, 3.05) is 58.6 Å². The van der Waals surface area contributed by atoms with Gasteiger partial charge in [0.2, 0.25) is 11.8 Å². The second kappa shape index (κ2) is 21.4. The molecule has 0 N–H and O–H groups in total. The third-order valence-electron chi connectivity index (χ3n) is 14.7. The lowest BCUT2D eigenvalue weighted by Gasteiger charge is -2.33. The number of methoxy groups -OCH3 is 2. The Kier molecular flexibility index (Phi) is 15.3. The molecule has 0 radical (unpaired) electrons. The van der Waals surface area contributed by atoms with E-state index in [4.69, 9.17) is 18.9 Å². The van der Waals surface area contributed by atoms with Crippen LogP contribution in [0.3, 0.4) is 0 Å². The normalized spacial score (nSPS) is 24.9. The Labute approximate surface area is 386 Å². The minimum Gasteiger partial charge on any atom is -0.469 e. The Morgan fingerprint density at radius 3 is 1.39 bits per heavy atom. The number of Topliss-reactive ketones (excluding diaryl/α,β-unsaturated/α-hetero) is 2. The molecule has 0 aromatic heterocycles. The van der Waals surface area contributed by atoms with Crippen LogP contribution in [0.5, 0.6) is 0 Å². The average molecular weight is 908 g/mol. The van der Waals surface area contributed by atoms with E-state index in [2.05, 4.69) is 29.2 Å². The molecule has 0 spiro atoms. The fourth-order valence-electron chi connectivity index (χ4n) is 11.1. The number of rotatable bonds is 17. The monoisotopic (exact) mass is 907 g/mol. The van der Waals surface area contributed by atoms with Crippen LogP contribution in [0.15, 0.2) is 72.8 Å². The molecule has 5 saturated heterocycles. The van der Waals surface area contributed by atoms with Gasteiger partial charge in [0.1, 0.15) is 5.82 Å². The number of esters is 2. The van der Waals surface area contributed by atoms with Gasteiger partial charge in [-0.15, -0.1) is 0 Å². The van der Waals surface area contributed by atoms with Gasteiger partial charge >= 0.3 is 11.9 Å². The maximum absolute atomic E-state index is 14.3. The predicted octanol–water partition coefficient (Wildman–Crippen LogP) is 6.55. The maximum atomic E-state index is 14.3. The third-order valence-corrected chi connectivity index (χ3v) is 14.7. The van der Waals surface area contributed by atoms with Crippen LogP contribution < -0.4 is 4.90 Å². The van der Waals surface area contributed by atoms with Crippen LogP contribution in [-0.2, 0) is 60.6 Å². The molecule has 13 nitrogen and oxygen atoms in total. The number of ether oxygens (including phenoxy) is 4. The van der Waals surface area contributed by atoms with Crippen molar-refractivity contribution in [3.63, 3.8) is 0 Å². The molecule has 5 fully saturated rings. The molecule has 0 aliphatic carbocycles. The molecule has 5 heterocycles. The molecule has 8 rings (SSSR count). The second-order valence-corrected chi connectivity index (χ2v) is 18.7. The Balaban J connectivity index is 0.929. The fraction of sp³-hybridized carbons (Fsp3) is 0.538. The van der Waals surface area contributed by atoms with Crippen LogP contribution in [0.1, 0.15) is 98.5 Å². The quantitative estimate of drug-likeness (QED) is 0.136. The van der Waals surface area contributed by atoms with Crippen molar-refractivity contribution in [2.24, 2.45) is 23.7 Å². The molecule has 3 aromatic carbocycles. The summed E-state index contributed by atoms with van der Waals surface area (Å²) in [5.41, 5.74) is 4.70. The largest absolute Gasteiger partial charge is 0.469 e. The van der Waals surface area contributed by atoms with Gasteiger partial charge in [0.15, 0.2) is 11.6 Å². The maximum Gasteiger partial charge on any atom is 0.306 e. The zero-order valence-electron chi connectivity index (χ0n) is 38.1. The summed E-state index contributed by atoms with van der Waals surface area (Å²) >= 11 is 0. The zero-order valence-corrected chi connectivity index (χ0v) is 38.1. The summed E-state index contributed by atoms with van der Waals surface area (Å²) in [4.78, 5) is 85.8. The molecule has 2 amide bonds. The standard InChI is InChI=1S/C52H62FN3O10/c1-63-49(59)29-41(37-21-25-65-31-37)51(61)54-23-3-5-45(54)47(57)27-33-7-11-35(12-8-33)43-19-20-44(56(43)40-17-15-39(53)16-18-40)36-13-9-34(10-14-36)28-48(58)46-6-4-24-55(46)52(62)42(30-50(60)64-2)38-22-26-66-32-38/h7-18,37-38,41-46H,3-6,19-32H2,1-2H3/t37-,38-,41+,42+,43-,44-,45+,46+/m1/s1. The number of anilines is 1. The number of nitrogens with zero attached hydrogens (tertiary/aromatic N) is 3. The van der Waals surface area contributed by atoms with Gasteiger partial charge in [-0.05, 0) is 110 Å². The van der Waals surface area contributed by atoms with Gasteiger partial charge in [-0.3, -0.25) is 28.8 Å². The lowest BCUT2D eigenvalue weighted by molar-refractivity contribution is -0.149. The summed E-state index contributed by atoms with van der Waals surface area (Å²) in [6.07, 6.45) is 5.91. The van der Waals surface area contributed by atoms with E-state index in [1.54, 1.807) is 21.9 Å². The van der Waals surface area contributed by atoms with Crippen molar-refractivity contribution in [1.29, 1.82) is 0 Å². The number of benzene rings is 3. The molecule has 5 aliphatic rings. The van der Waals surface area contributed by atoms with Gasteiger partial charge < -0.3 is 33.6 Å². The van der Waals surface area contributed by atoms with E-state index in [1.807, 2.05) is 24.3 Å². The molecular weight excluding hydrogens is 846 g/mol. The van der Waals surface area contributed by atoms with Crippen molar-refractivity contribution >= 4 is 41.0 Å². The number of hydrogen-bond donors (Lipinski definition) is 0. The van der Waals surface area contributed by atoms with Gasteiger partial charge in [-0.1, -0.05) is 48.5 Å². The van der Waals surface area contributed by atoms with E-state index >= 15 is 0 Å². The van der Waals surface area contributed by atoms with E-state index in [0.29, 0.717) is 65.2 Å². The van der Waals surface area contributed by atoms with Gasteiger partial charge in [0, 0.05) is 44.8 Å². The van der Waals surface area contributed by atoms with E-state index in [0.717, 1.165) is 53.6 Å². The highest BCUT2D eigenvalue weighted by Gasteiger charge is 2.43. The van der Waals surface area contributed by atoms with Crippen molar-refractivity contribution in [3.8, 4) is 0 Å². The summed E-state index contributed by atoms with van der Waals surface area (Å²) < 4.78 is 35.2. The van der Waals surface area contributed by atoms with Crippen molar-refractivity contribution < 1.29 is 52.1 Å². The number of amides is 2. The first-order chi connectivity index (χ1) is 32.0. The average Bonchev–Trinajstić information content (AvgIpc) is 4.20. The van der Waals surface area contributed by atoms with Gasteiger partial charge in [0.25, 0.3) is 0 Å². The minimum absolute atomic E-state index is 0.0275. The molecular formula is C52H62FN3O10. The van der Waals surface area contributed by atoms with Crippen LogP contribution in [0, 0.1) is 29.5 Å². The minimum atomic E-state index is -0.585. The number of hydrogen-bond acceptors (Lipinski definition) is 11. The first kappa shape index (κ1) is 47.0. The van der Waals surface area contributed by atoms with Crippen LogP contribution in [0.4, 0.5) is 10.1 Å². The third kappa shape index (κ3) is 10.5. The lowest BCUT2D eigenvalue weighted by atomic mass is 9.87. The van der Waals surface area contributed by atoms with Crippen LogP contribution >= 0.6 is 0 Å². The Morgan fingerprint density at radius 1 is 0.591 bits per heavy atom. The van der Waals surface area contributed by atoms with E-state index in [9.17, 15) is 33.2 Å². The lowest BCUT2D eigenvalue weighted by Crippen LogP contribution is -2.46. The molecule has 66 heavy (non-hydrogen) atoms. The second-order valence-electron chi connectivity index (χ2n) is 18.7. The zero-order chi connectivity index (χ0) is 46.3. The topological polar surface area (TPSA) is 149 Å². The Morgan fingerprint density at radius 2 is 1.02 bits per heavy atom. The SMILES string of the molecule is COC(=O)C[C@H](C(=O)N1CCC[C@H]1C(=O)Cc1ccc([C@H]2CC[C@H](c3ccc(CC(=O)[C@@H]4CCCN4C(=O)[C@@H](CC(=O)OC)[C@@H]4CCOC4)cc3)N2c2ccc(F)cc2)cc1)[C@@H]1CCOC1. The van der Waals surface area contributed by atoms with Gasteiger partial charge in [-0.25, -0.2) is 4.39 Å². The molecule has 0 unspecified atom stereocenters. The summed E-state index contributed by atoms with van der Waals surface area (Å²) in [5, 5.41) is 0. The highest BCUT2D eigenvalue weighted by atomic mass is 19.1. The van der Waals surface area contributed by atoms with Crippen molar-refractivity contribution in [2.45, 2.75) is 101 Å². The van der Waals surface area contributed by atoms with Crippen LogP contribution in [0.2, 0.25) is 0 Å². The van der Waals surface area contributed by atoms with Crippen molar-refractivity contribution in [3.05, 3.63) is 101 Å². The fourth-order valence-corrected chi connectivity index (χ4v) is 11.1. The van der Waals surface area contributed by atoms with E-state index in [-0.39, 0.29) is 78.8 Å². The number of likely N-dealkylation sites (tertiary alicyclic amines) is 2. The first-order valence-electron chi connectivity index (χ1n) is 23.7. The highest BCUT2D eigenvalue weighted by Crippen LogP contribution is 2.47. The summed E-state index contributed by atoms with van der Waals surface area (Å²) in [7, 11) is 2.63. The molecule has 5 aliphatic heterocycles. The molecule has 8 atom stereocenters. The number of carbonyl (C=O) groups is 6.